The summed E-state index contributed by atoms with van der Waals surface area (Å²) >= 11 is 1.77. The number of benzene rings is 1. The minimum atomic E-state index is -0.495. The molecule has 1 aromatic carbocycles. The second kappa shape index (κ2) is 6.16. The summed E-state index contributed by atoms with van der Waals surface area (Å²) in [6, 6.07) is 5.90. The molecule has 0 saturated carbocycles. The summed E-state index contributed by atoms with van der Waals surface area (Å²) in [5.74, 6) is 2.45. The van der Waals surface area contributed by atoms with Crippen molar-refractivity contribution in [1.29, 1.82) is 0 Å². The van der Waals surface area contributed by atoms with Crippen LogP contribution in [0.4, 0.5) is 0 Å². The molecule has 1 rings (SSSR count). The first-order valence-corrected chi connectivity index (χ1v) is 6.52. The molecule has 0 amide bonds. The van der Waals surface area contributed by atoms with E-state index >= 15 is 0 Å². The van der Waals surface area contributed by atoms with Gasteiger partial charge in [-0.25, -0.2) is 0 Å². The third-order valence-electron chi connectivity index (χ3n) is 2.24. The van der Waals surface area contributed by atoms with Gasteiger partial charge in [-0.1, -0.05) is 19.9 Å². The third-order valence-corrected chi connectivity index (χ3v) is 3.74. The molecule has 1 aromatic rings. The molecule has 0 aliphatic rings. The van der Waals surface area contributed by atoms with Crippen molar-refractivity contribution in [3.8, 4) is 5.75 Å². The van der Waals surface area contributed by atoms with E-state index in [4.69, 9.17) is 4.74 Å². The Kier molecular flexibility index (Phi) is 5.16. The van der Waals surface area contributed by atoms with Gasteiger partial charge in [-0.3, -0.25) is 0 Å². The number of thioether (sulfide) groups is 1. The standard InChI is InChI=1S/C13H20O2S/c1-9(2)8-16-12-7-5-6-11(15-4)13(12)10(3)14/h5-7,9-10,14H,8H2,1-4H3/t10-/m1/s1. The lowest BCUT2D eigenvalue weighted by Gasteiger charge is -2.16. The normalized spacial score (nSPS) is 12.9. The molecule has 0 spiro atoms. The fraction of sp³-hybridized carbons (Fsp3) is 0.538. The van der Waals surface area contributed by atoms with Gasteiger partial charge in [-0.15, -0.1) is 11.8 Å². The molecule has 0 aliphatic heterocycles. The van der Waals surface area contributed by atoms with Gasteiger partial charge in [0.1, 0.15) is 5.75 Å². The van der Waals surface area contributed by atoms with Crippen LogP contribution in [0.15, 0.2) is 23.1 Å². The van der Waals surface area contributed by atoms with Crippen molar-refractivity contribution in [3.63, 3.8) is 0 Å². The van der Waals surface area contributed by atoms with Gasteiger partial charge in [-0.2, -0.15) is 0 Å². The summed E-state index contributed by atoms with van der Waals surface area (Å²) in [6.45, 7) is 6.15. The van der Waals surface area contributed by atoms with Crippen LogP contribution in [0, 0.1) is 5.92 Å². The summed E-state index contributed by atoms with van der Waals surface area (Å²) in [5, 5.41) is 9.79. The summed E-state index contributed by atoms with van der Waals surface area (Å²) < 4.78 is 5.28. The van der Waals surface area contributed by atoms with Crippen LogP contribution in [0.2, 0.25) is 0 Å². The zero-order valence-electron chi connectivity index (χ0n) is 10.4. The molecular weight excluding hydrogens is 220 g/mol. The number of methoxy groups -OCH3 is 1. The Morgan fingerprint density at radius 1 is 1.31 bits per heavy atom. The Morgan fingerprint density at radius 2 is 2.00 bits per heavy atom. The van der Waals surface area contributed by atoms with E-state index in [-0.39, 0.29) is 0 Å². The van der Waals surface area contributed by atoms with Crippen LogP contribution in [0.5, 0.6) is 5.75 Å². The van der Waals surface area contributed by atoms with E-state index in [9.17, 15) is 5.11 Å². The van der Waals surface area contributed by atoms with Crippen molar-refractivity contribution in [1.82, 2.24) is 0 Å². The average Bonchev–Trinajstić information content (AvgIpc) is 2.25. The molecule has 0 fully saturated rings. The molecular formula is C13H20O2S. The molecule has 0 radical (unpaired) electrons. The summed E-state index contributed by atoms with van der Waals surface area (Å²) in [4.78, 5) is 1.11. The van der Waals surface area contributed by atoms with E-state index in [0.717, 1.165) is 22.0 Å². The number of rotatable bonds is 5. The van der Waals surface area contributed by atoms with Gasteiger partial charge >= 0.3 is 0 Å². The Hall–Kier alpha value is -0.670. The van der Waals surface area contributed by atoms with Crippen LogP contribution in [0.25, 0.3) is 0 Å². The van der Waals surface area contributed by atoms with Crippen molar-refractivity contribution >= 4 is 11.8 Å². The highest BCUT2D eigenvalue weighted by atomic mass is 32.2. The smallest absolute Gasteiger partial charge is 0.125 e. The molecule has 0 saturated heterocycles. The third kappa shape index (κ3) is 3.42. The molecule has 0 bridgehead atoms. The zero-order valence-corrected chi connectivity index (χ0v) is 11.2. The van der Waals surface area contributed by atoms with Crippen molar-refractivity contribution in [2.45, 2.75) is 31.8 Å². The largest absolute Gasteiger partial charge is 0.496 e. The van der Waals surface area contributed by atoms with Crippen molar-refractivity contribution in [2.75, 3.05) is 12.9 Å². The van der Waals surface area contributed by atoms with Crippen molar-refractivity contribution in [3.05, 3.63) is 23.8 Å². The number of hydrogen-bond acceptors (Lipinski definition) is 3. The Morgan fingerprint density at radius 3 is 2.50 bits per heavy atom. The van der Waals surface area contributed by atoms with Gasteiger partial charge in [0.25, 0.3) is 0 Å². The van der Waals surface area contributed by atoms with Gasteiger partial charge in [0, 0.05) is 16.2 Å². The number of hydrogen-bond donors (Lipinski definition) is 1. The monoisotopic (exact) mass is 240 g/mol. The van der Waals surface area contributed by atoms with E-state index < -0.39 is 6.10 Å². The maximum atomic E-state index is 9.79. The zero-order chi connectivity index (χ0) is 12.1. The first-order chi connectivity index (χ1) is 7.56. The highest BCUT2D eigenvalue weighted by molar-refractivity contribution is 7.99. The molecule has 0 unspecified atom stereocenters. The quantitative estimate of drug-likeness (QED) is 0.799. The topological polar surface area (TPSA) is 29.5 Å². The van der Waals surface area contributed by atoms with Crippen molar-refractivity contribution in [2.24, 2.45) is 5.92 Å². The van der Waals surface area contributed by atoms with E-state index in [2.05, 4.69) is 13.8 Å². The van der Waals surface area contributed by atoms with Gasteiger partial charge < -0.3 is 9.84 Å². The van der Waals surface area contributed by atoms with Gasteiger partial charge in [0.2, 0.25) is 0 Å². The molecule has 3 heteroatoms. The summed E-state index contributed by atoms with van der Waals surface area (Å²) in [6.07, 6.45) is -0.495. The highest BCUT2D eigenvalue weighted by Gasteiger charge is 2.14. The van der Waals surface area contributed by atoms with Crippen molar-refractivity contribution < 1.29 is 9.84 Å². The van der Waals surface area contributed by atoms with Crippen LogP contribution in [0.1, 0.15) is 32.4 Å². The minimum Gasteiger partial charge on any atom is -0.496 e. The van der Waals surface area contributed by atoms with Crippen LogP contribution >= 0.6 is 11.8 Å². The van der Waals surface area contributed by atoms with Gasteiger partial charge in [-0.05, 0) is 25.0 Å². The Labute approximate surface area is 102 Å². The molecule has 90 valence electrons. The lowest BCUT2D eigenvalue weighted by Crippen LogP contribution is -2.00. The molecule has 1 N–H and O–H groups in total. The second-order valence-electron chi connectivity index (χ2n) is 4.25. The van der Waals surface area contributed by atoms with Gasteiger partial charge in [0.05, 0.1) is 13.2 Å². The summed E-state index contributed by atoms with van der Waals surface area (Å²) in [7, 11) is 1.64. The fourth-order valence-electron chi connectivity index (χ4n) is 1.50. The maximum Gasteiger partial charge on any atom is 0.125 e. The molecule has 1 atom stereocenters. The van der Waals surface area contributed by atoms with Crippen LogP contribution in [-0.4, -0.2) is 18.0 Å². The fourth-order valence-corrected chi connectivity index (χ4v) is 2.61. The first kappa shape index (κ1) is 13.4. The molecule has 2 nitrogen and oxygen atoms in total. The van der Waals surface area contributed by atoms with E-state index in [1.54, 1.807) is 25.8 Å². The Balaban J connectivity index is 2.97. The van der Waals surface area contributed by atoms with Crippen LogP contribution in [-0.2, 0) is 0 Å². The maximum absolute atomic E-state index is 9.79. The summed E-state index contributed by atoms with van der Waals surface area (Å²) in [5.41, 5.74) is 0.899. The van der Waals surface area contributed by atoms with Gasteiger partial charge in [0.15, 0.2) is 0 Å². The van der Waals surface area contributed by atoms with E-state index in [1.807, 2.05) is 18.2 Å². The second-order valence-corrected chi connectivity index (χ2v) is 5.31. The lowest BCUT2D eigenvalue weighted by molar-refractivity contribution is 0.191. The molecule has 16 heavy (non-hydrogen) atoms. The predicted octanol–water partition coefficient (Wildman–Crippen LogP) is 3.50. The van der Waals surface area contributed by atoms with E-state index in [0.29, 0.717) is 5.92 Å². The number of aliphatic hydroxyl groups is 1. The Bertz CT molecular complexity index is 335. The molecule has 0 aliphatic carbocycles. The molecule has 0 heterocycles. The SMILES string of the molecule is COc1cccc(SCC(C)C)c1[C@@H](C)O. The predicted molar refractivity (Wildman–Crippen MR) is 69.2 cm³/mol. The van der Waals surface area contributed by atoms with Crippen LogP contribution < -0.4 is 4.74 Å². The highest BCUT2D eigenvalue weighted by Crippen LogP contribution is 2.35. The molecule has 0 aromatic heterocycles. The minimum absolute atomic E-state index is 0.495. The number of aliphatic hydroxyl groups excluding tert-OH is 1. The van der Waals surface area contributed by atoms with Crippen LogP contribution in [0.3, 0.4) is 0 Å². The van der Waals surface area contributed by atoms with E-state index in [1.165, 1.54) is 0 Å². The lowest BCUT2D eigenvalue weighted by atomic mass is 10.1. The number of ether oxygens (including phenoxy) is 1. The average molecular weight is 240 g/mol. The first-order valence-electron chi connectivity index (χ1n) is 5.54.